The van der Waals surface area contributed by atoms with E-state index in [1.165, 1.54) is 23.1 Å². The van der Waals surface area contributed by atoms with E-state index in [0.717, 1.165) is 0 Å². The molecule has 0 saturated heterocycles. The van der Waals surface area contributed by atoms with E-state index < -0.39 is 10.0 Å². The summed E-state index contributed by atoms with van der Waals surface area (Å²) in [5.41, 5.74) is 0.531. The summed E-state index contributed by atoms with van der Waals surface area (Å²) < 4.78 is 33.2. The molecule has 1 N–H and O–H groups in total. The molecule has 146 valence electrons. The first kappa shape index (κ1) is 21.1. The average molecular weight is 411 g/mol. The fourth-order valence-corrected chi connectivity index (χ4v) is 3.54. The van der Waals surface area contributed by atoms with Crippen molar-refractivity contribution in [2.45, 2.75) is 31.7 Å². The highest BCUT2D eigenvalue weighted by Crippen LogP contribution is 2.25. The Morgan fingerprint density at radius 3 is 2.37 bits per heavy atom. The molecule has 0 unspecified atom stereocenters. The Labute approximate surface area is 165 Å². The quantitative estimate of drug-likeness (QED) is 0.747. The number of hydrogen-bond acceptors (Lipinski definition) is 4. The Balaban J connectivity index is 2.30. The van der Waals surface area contributed by atoms with Gasteiger partial charge in [-0.2, -0.15) is 0 Å². The molecule has 0 aliphatic rings. The summed E-state index contributed by atoms with van der Waals surface area (Å²) in [5, 5.41) is 0.201. The van der Waals surface area contributed by atoms with Crippen LogP contribution in [0.2, 0.25) is 5.02 Å². The van der Waals surface area contributed by atoms with Crippen LogP contribution in [-0.2, 0) is 10.0 Å². The van der Waals surface area contributed by atoms with Crippen molar-refractivity contribution in [3.8, 4) is 5.75 Å². The number of nitrogens with one attached hydrogen (secondary N) is 1. The number of hydrogen-bond donors (Lipinski definition) is 1. The third kappa shape index (κ3) is 5.14. The second-order valence-electron chi connectivity index (χ2n) is 6.21. The number of rotatable bonds is 7. The van der Waals surface area contributed by atoms with E-state index in [0.29, 0.717) is 18.0 Å². The number of amides is 1. The molecule has 0 aliphatic carbocycles. The summed E-state index contributed by atoms with van der Waals surface area (Å²) in [7, 11) is -2.24. The molecule has 0 radical (unpaired) electrons. The number of sulfonamides is 1. The lowest BCUT2D eigenvalue weighted by Gasteiger charge is -2.22. The number of anilines is 1. The minimum absolute atomic E-state index is 0.0405. The van der Waals surface area contributed by atoms with Crippen molar-refractivity contribution in [3.63, 3.8) is 0 Å². The SMILES string of the molecule is CCOc1ccc(NS(=O)(=O)c2ccc(Cl)c(C(=O)N(C)C(C)C)c2)cc1. The molecule has 0 heterocycles. The molecule has 6 nitrogen and oxygen atoms in total. The minimum atomic E-state index is -3.88. The molecule has 27 heavy (non-hydrogen) atoms. The summed E-state index contributed by atoms with van der Waals surface area (Å²) in [4.78, 5) is 14.0. The average Bonchev–Trinajstić information content (AvgIpc) is 2.62. The van der Waals surface area contributed by atoms with Crippen molar-refractivity contribution in [3.05, 3.63) is 53.1 Å². The van der Waals surface area contributed by atoms with Gasteiger partial charge in [0, 0.05) is 18.8 Å². The molecule has 0 bridgehead atoms. The van der Waals surface area contributed by atoms with Crippen molar-refractivity contribution >= 4 is 33.2 Å². The second kappa shape index (κ2) is 8.63. The highest BCUT2D eigenvalue weighted by Gasteiger charge is 2.22. The molecular formula is C19H23ClN2O4S. The molecule has 2 aromatic carbocycles. The predicted octanol–water partition coefficient (Wildman–Crippen LogP) is 4.02. The fourth-order valence-electron chi connectivity index (χ4n) is 2.26. The van der Waals surface area contributed by atoms with Gasteiger partial charge in [0.2, 0.25) is 0 Å². The lowest BCUT2D eigenvalue weighted by molar-refractivity contribution is 0.0755. The van der Waals surface area contributed by atoms with Gasteiger partial charge in [-0.25, -0.2) is 8.42 Å². The monoisotopic (exact) mass is 410 g/mol. The Morgan fingerprint density at radius 2 is 1.81 bits per heavy atom. The van der Waals surface area contributed by atoms with Gasteiger partial charge in [-0.05, 0) is 63.2 Å². The molecule has 0 fully saturated rings. The summed E-state index contributed by atoms with van der Waals surface area (Å²) in [6, 6.07) is 10.6. The van der Waals surface area contributed by atoms with Gasteiger partial charge >= 0.3 is 0 Å². The summed E-state index contributed by atoms with van der Waals surface area (Å²) in [5.74, 6) is 0.310. The van der Waals surface area contributed by atoms with Crippen LogP contribution in [-0.4, -0.2) is 38.9 Å². The molecule has 8 heteroatoms. The largest absolute Gasteiger partial charge is 0.494 e. The first-order valence-corrected chi connectivity index (χ1v) is 10.3. The Morgan fingerprint density at radius 1 is 1.19 bits per heavy atom. The summed E-state index contributed by atoms with van der Waals surface area (Å²) in [6.07, 6.45) is 0. The Hall–Kier alpha value is -2.25. The van der Waals surface area contributed by atoms with E-state index in [2.05, 4.69) is 4.72 Å². The van der Waals surface area contributed by atoms with E-state index in [4.69, 9.17) is 16.3 Å². The van der Waals surface area contributed by atoms with Gasteiger partial charge in [-0.3, -0.25) is 9.52 Å². The van der Waals surface area contributed by atoms with Crippen molar-refractivity contribution < 1.29 is 17.9 Å². The summed E-state index contributed by atoms with van der Waals surface area (Å²) >= 11 is 6.12. The normalized spacial score (nSPS) is 11.3. The second-order valence-corrected chi connectivity index (χ2v) is 8.30. The van der Waals surface area contributed by atoms with Gasteiger partial charge < -0.3 is 9.64 Å². The molecule has 2 rings (SSSR count). The van der Waals surface area contributed by atoms with Crippen LogP contribution < -0.4 is 9.46 Å². The predicted molar refractivity (Wildman–Crippen MR) is 107 cm³/mol. The number of nitrogens with zero attached hydrogens (tertiary/aromatic N) is 1. The van der Waals surface area contributed by atoms with Crippen molar-refractivity contribution in [2.24, 2.45) is 0 Å². The van der Waals surface area contributed by atoms with Gasteiger partial charge in [0.1, 0.15) is 5.75 Å². The van der Waals surface area contributed by atoms with E-state index in [1.54, 1.807) is 31.3 Å². The number of ether oxygens (including phenoxy) is 1. The zero-order chi connectivity index (χ0) is 20.2. The maximum atomic E-state index is 12.7. The maximum absolute atomic E-state index is 12.7. The topological polar surface area (TPSA) is 75.7 Å². The van der Waals surface area contributed by atoms with E-state index in [9.17, 15) is 13.2 Å². The molecule has 0 saturated carbocycles. The van der Waals surface area contributed by atoms with Gasteiger partial charge in [-0.1, -0.05) is 11.6 Å². The third-order valence-electron chi connectivity index (χ3n) is 3.99. The first-order chi connectivity index (χ1) is 12.7. The van der Waals surface area contributed by atoms with Gasteiger partial charge in [-0.15, -0.1) is 0 Å². The Kier molecular flexibility index (Phi) is 6.73. The Bertz CT molecular complexity index is 912. The number of carbonyl (C=O) groups is 1. The van der Waals surface area contributed by atoms with E-state index in [-0.39, 0.29) is 27.4 Å². The smallest absolute Gasteiger partial charge is 0.261 e. The molecule has 0 spiro atoms. The van der Waals surface area contributed by atoms with Gasteiger partial charge in [0.15, 0.2) is 0 Å². The van der Waals surface area contributed by atoms with Crippen LogP contribution >= 0.6 is 11.6 Å². The number of halogens is 1. The minimum Gasteiger partial charge on any atom is -0.494 e. The lowest BCUT2D eigenvalue weighted by atomic mass is 10.2. The zero-order valence-electron chi connectivity index (χ0n) is 15.7. The van der Waals surface area contributed by atoms with Crippen molar-refractivity contribution in [1.82, 2.24) is 4.90 Å². The highest BCUT2D eigenvalue weighted by molar-refractivity contribution is 7.92. The first-order valence-electron chi connectivity index (χ1n) is 8.48. The number of carbonyl (C=O) groups excluding carboxylic acids is 1. The van der Waals surface area contributed by atoms with Crippen LogP contribution in [0.25, 0.3) is 0 Å². The number of benzene rings is 2. The van der Waals surface area contributed by atoms with Crippen LogP contribution in [0.15, 0.2) is 47.4 Å². The molecule has 0 aromatic heterocycles. The van der Waals surface area contributed by atoms with Crippen molar-refractivity contribution in [1.29, 1.82) is 0 Å². The third-order valence-corrected chi connectivity index (χ3v) is 5.70. The standard InChI is InChI=1S/C19H23ClN2O4S/c1-5-26-15-8-6-14(7-9-15)21-27(24,25)16-10-11-18(20)17(12-16)19(23)22(4)13(2)3/h6-13,21H,5H2,1-4H3. The van der Waals surface area contributed by atoms with Crippen molar-refractivity contribution in [2.75, 3.05) is 18.4 Å². The van der Waals surface area contributed by atoms with Gasteiger partial charge in [0.25, 0.3) is 15.9 Å². The van der Waals surface area contributed by atoms with Crippen LogP contribution in [0, 0.1) is 0 Å². The van der Waals surface area contributed by atoms with Crippen LogP contribution in [0.5, 0.6) is 5.75 Å². The molecule has 0 aliphatic heterocycles. The molecular weight excluding hydrogens is 388 g/mol. The van der Waals surface area contributed by atoms with Crippen LogP contribution in [0.3, 0.4) is 0 Å². The van der Waals surface area contributed by atoms with Crippen LogP contribution in [0.4, 0.5) is 5.69 Å². The van der Waals surface area contributed by atoms with E-state index in [1.807, 2.05) is 20.8 Å². The maximum Gasteiger partial charge on any atom is 0.261 e. The molecule has 1 amide bonds. The molecule has 0 atom stereocenters. The summed E-state index contributed by atoms with van der Waals surface area (Å²) in [6.45, 7) is 6.12. The fraction of sp³-hybridized carbons (Fsp3) is 0.316. The highest BCUT2D eigenvalue weighted by atomic mass is 35.5. The van der Waals surface area contributed by atoms with E-state index >= 15 is 0 Å². The zero-order valence-corrected chi connectivity index (χ0v) is 17.3. The molecule has 2 aromatic rings. The van der Waals surface area contributed by atoms with Crippen LogP contribution in [0.1, 0.15) is 31.1 Å². The lowest BCUT2D eigenvalue weighted by Crippen LogP contribution is -2.33. The van der Waals surface area contributed by atoms with Gasteiger partial charge in [0.05, 0.1) is 22.1 Å².